The lowest BCUT2D eigenvalue weighted by molar-refractivity contribution is -0.122. The van der Waals surface area contributed by atoms with E-state index in [-0.39, 0.29) is 5.91 Å². The number of pyridine rings is 1. The Labute approximate surface area is 99.4 Å². The van der Waals surface area contributed by atoms with Crippen LogP contribution in [-0.2, 0) is 11.2 Å². The molecule has 4 nitrogen and oxygen atoms in total. The lowest BCUT2D eigenvalue weighted by Gasteiger charge is -2.02. The molecule has 2 aromatic heterocycles. The second-order valence-corrected chi connectivity index (χ2v) is 4.53. The van der Waals surface area contributed by atoms with Crippen molar-refractivity contribution in [3.05, 3.63) is 30.1 Å². The number of aromatic amines is 1. The minimum atomic E-state index is 0.211. The van der Waals surface area contributed by atoms with E-state index in [0.29, 0.717) is 12.5 Å². The van der Waals surface area contributed by atoms with Crippen LogP contribution in [0, 0.1) is 5.92 Å². The predicted octanol–water partition coefficient (Wildman–Crippen LogP) is 1.63. The highest BCUT2D eigenvalue weighted by Crippen LogP contribution is 2.28. The summed E-state index contributed by atoms with van der Waals surface area (Å²) in [5.41, 5.74) is 2.13. The Morgan fingerprint density at radius 1 is 1.53 bits per heavy atom. The van der Waals surface area contributed by atoms with E-state index in [1.165, 1.54) is 5.56 Å². The van der Waals surface area contributed by atoms with Gasteiger partial charge in [-0.3, -0.25) is 4.79 Å². The maximum absolute atomic E-state index is 11.5. The normalized spacial score (nSPS) is 15.1. The van der Waals surface area contributed by atoms with E-state index >= 15 is 0 Å². The van der Waals surface area contributed by atoms with Crippen LogP contribution in [0.25, 0.3) is 11.0 Å². The quantitative estimate of drug-likeness (QED) is 0.837. The first-order valence-corrected chi connectivity index (χ1v) is 6.03. The van der Waals surface area contributed by atoms with E-state index in [1.807, 2.05) is 12.3 Å². The van der Waals surface area contributed by atoms with Gasteiger partial charge in [0.25, 0.3) is 0 Å². The fourth-order valence-electron chi connectivity index (χ4n) is 2.03. The smallest absolute Gasteiger partial charge is 0.223 e. The predicted molar refractivity (Wildman–Crippen MR) is 65.5 cm³/mol. The summed E-state index contributed by atoms with van der Waals surface area (Å²) in [5.74, 6) is 0.502. The third-order valence-corrected chi connectivity index (χ3v) is 3.18. The zero-order valence-corrected chi connectivity index (χ0v) is 9.57. The van der Waals surface area contributed by atoms with E-state index in [9.17, 15) is 4.79 Å². The number of fused-ring (bicyclic) bond motifs is 1. The van der Waals surface area contributed by atoms with Crippen LogP contribution in [0.4, 0.5) is 0 Å². The van der Waals surface area contributed by atoms with Crippen LogP contribution in [0.1, 0.15) is 18.4 Å². The van der Waals surface area contributed by atoms with Crippen LogP contribution in [0.5, 0.6) is 0 Å². The Bertz CT molecular complexity index is 542. The van der Waals surface area contributed by atoms with Gasteiger partial charge < -0.3 is 10.3 Å². The van der Waals surface area contributed by atoms with Crippen molar-refractivity contribution in [2.75, 3.05) is 6.54 Å². The van der Waals surface area contributed by atoms with Gasteiger partial charge >= 0.3 is 0 Å². The Kier molecular flexibility index (Phi) is 2.55. The Morgan fingerprint density at radius 2 is 2.41 bits per heavy atom. The number of rotatable bonds is 4. The summed E-state index contributed by atoms with van der Waals surface area (Å²) in [6.07, 6.45) is 6.72. The third kappa shape index (κ3) is 2.16. The fraction of sp³-hybridized carbons (Fsp3) is 0.385. The molecule has 2 N–H and O–H groups in total. The summed E-state index contributed by atoms with van der Waals surface area (Å²) >= 11 is 0. The maximum atomic E-state index is 11.5. The molecule has 3 rings (SSSR count). The molecule has 1 fully saturated rings. The SMILES string of the molecule is O=C(NCCc1c[nH]c2ncccc12)C1CC1. The van der Waals surface area contributed by atoms with E-state index in [4.69, 9.17) is 0 Å². The van der Waals surface area contributed by atoms with Crippen molar-refractivity contribution < 1.29 is 4.79 Å². The van der Waals surface area contributed by atoms with E-state index in [0.717, 1.165) is 30.3 Å². The van der Waals surface area contributed by atoms with Crippen molar-refractivity contribution in [1.82, 2.24) is 15.3 Å². The lowest BCUT2D eigenvalue weighted by atomic mass is 10.1. The lowest BCUT2D eigenvalue weighted by Crippen LogP contribution is -2.26. The van der Waals surface area contributed by atoms with Crippen molar-refractivity contribution in [1.29, 1.82) is 0 Å². The van der Waals surface area contributed by atoms with Gasteiger partial charge in [-0.1, -0.05) is 0 Å². The van der Waals surface area contributed by atoms with Gasteiger partial charge in [0.05, 0.1) is 0 Å². The van der Waals surface area contributed by atoms with E-state index in [1.54, 1.807) is 6.20 Å². The number of nitrogens with zero attached hydrogens (tertiary/aromatic N) is 1. The molecule has 0 atom stereocenters. The first-order chi connectivity index (χ1) is 8.34. The molecular weight excluding hydrogens is 214 g/mol. The van der Waals surface area contributed by atoms with E-state index in [2.05, 4.69) is 21.4 Å². The number of carbonyl (C=O) groups is 1. The number of H-pyrrole nitrogens is 1. The molecule has 4 heteroatoms. The van der Waals surface area contributed by atoms with Gasteiger partial charge in [-0.15, -0.1) is 0 Å². The Morgan fingerprint density at radius 3 is 3.24 bits per heavy atom. The van der Waals surface area contributed by atoms with Crippen molar-refractivity contribution in [3.8, 4) is 0 Å². The van der Waals surface area contributed by atoms with Gasteiger partial charge in [0, 0.05) is 30.2 Å². The third-order valence-electron chi connectivity index (χ3n) is 3.18. The highest BCUT2D eigenvalue weighted by atomic mass is 16.2. The van der Waals surface area contributed by atoms with Crippen molar-refractivity contribution in [2.45, 2.75) is 19.3 Å². The number of hydrogen-bond acceptors (Lipinski definition) is 2. The van der Waals surface area contributed by atoms with Crippen LogP contribution in [-0.4, -0.2) is 22.4 Å². The molecule has 88 valence electrons. The van der Waals surface area contributed by atoms with Gasteiger partial charge in [-0.25, -0.2) is 4.98 Å². The average Bonchev–Trinajstić information content (AvgIpc) is 3.12. The van der Waals surface area contributed by atoms with Gasteiger partial charge in [-0.05, 0) is 37.0 Å². The largest absolute Gasteiger partial charge is 0.356 e. The van der Waals surface area contributed by atoms with Crippen molar-refractivity contribution in [2.24, 2.45) is 5.92 Å². The molecule has 1 aliphatic carbocycles. The van der Waals surface area contributed by atoms with Crippen LogP contribution in [0.2, 0.25) is 0 Å². The van der Waals surface area contributed by atoms with Crippen molar-refractivity contribution >= 4 is 16.9 Å². The van der Waals surface area contributed by atoms with E-state index < -0.39 is 0 Å². The number of carbonyl (C=O) groups excluding carboxylic acids is 1. The molecule has 0 aliphatic heterocycles. The standard InChI is InChI=1S/C13H15N3O/c17-13(9-3-4-9)15-7-5-10-8-16-12-11(10)2-1-6-14-12/h1-2,6,8-9H,3-5,7H2,(H,14,16)(H,15,17). The zero-order valence-electron chi connectivity index (χ0n) is 9.57. The summed E-state index contributed by atoms with van der Waals surface area (Å²) in [7, 11) is 0. The monoisotopic (exact) mass is 229 g/mol. The summed E-state index contributed by atoms with van der Waals surface area (Å²) in [6, 6.07) is 3.99. The second-order valence-electron chi connectivity index (χ2n) is 4.53. The number of hydrogen-bond donors (Lipinski definition) is 2. The maximum Gasteiger partial charge on any atom is 0.223 e. The minimum Gasteiger partial charge on any atom is -0.356 e. The fourth-order valence-corrected chi connectivity index (χ4v) is 2.03. The van der Waals surface area contributed by atoms with Crippen LogP contribution >= 0.6 is 0 Å². The minimum absolute atomic E-state index is 0.211. The summed E-state index contributed by atoms with van der Waals surface area (Å²) in [4.78, 5) is 18.8. The highest BCUT2D eigenvalue weighted by Gasteiger charge is 2.28. The second kappa shape index (κ2) is 4.20. The number of amides is 1. The molecule has 0 spiro atoms. The zero-order chi connectivity index (χ0) is 11.7. The molecule has 17 heavy (non-hydrogen) atoms. The molecular formula is C13H15N3O. The molecule has 0 radical (unpaired) electrons. The Hall–Kier alpha value is -1.84. The molecule has 0 unspecified atom stereocenters. The topological polar surface area (TPSA) is 57.8 Å². The molecule has 1 amide bonds. The first-order valence-electron chi connectivity index (χ1n) is 6.03. The molecule has 2 aromatic rings. The Balaban J connectivity index is 1.62. The summed E-state index contributed by atoms with van der Waals surface area (Å²) in [5, 5.41) is 4.12. The first kappa shape index (κ1) is 10.3. The molecule has 0 bridgehead atoms. The van der Waals surface area contributed by atoms with Gasteiger partial charge in [0.1, 0.15) is 5.65 Å². The van der Waals surface area contributed by atoms with Gasteiger partial charge in [0.15, 0.2) is 0 Å². The van der Waals surface area contributed by atoms with Crippen LogP contribution < -0.4 is 5.32 Å². The number of nitrogens with one attached hydrogen (secondary N) is 2. The van der Waals surface area contributed by atoms with Crippen LogP contribution in [0.15, 0.2) is 24.5 Å². The molecule has 2 heterocycles. The highest BCUT2D eigenvalue weighted by molar-refractivity contribution is 5.81. The number of aromatic nitrogens is 2. The molecule has 0 aromatic carbocycles. The van der Waals surface area contributed by atoms with Crippen molar-refractivity contribution in [3.63, 3.8) is 0 Å². The average molecular weight is 229 g/mol. The van der Waals surface area contributed by atoms with Gasteiger partial charge in [-0.2, -0.15) is 0 Å². The molecule has 0 saturated heterocycles. The molecule has 1 saturated carbocycles. The summed E-state index contributed by atoms with van der Waals surface area (Å²) < 4.78 is 0. The molecule has 1 aliphatic rings. The van der Waals surface area contributed by atoms with Crippen LogP contribution in [0.3, 0.4) is 0 Å². The summed E-state index contributed by atoms with van der Waals surface area (Å²) in [6.45, 7) is 0.706. The van der Waals surface area contributed by atoms with Gasteiger partial charge in [0.2, 0.25) is 5.91 Å².